The van der Waals surface area contributed by atoms with Gasteiger partial charge in [0.15, 0.2) is 6.29 Å². The first kappa shape index (κ1) is 11.3. The van der Waals surface area contributed by atoms with Gasteiger partial charge in [-0.05, 0) is 18.6 Å². The molecule has 0 atom stereocenters. The predicted octanol–water partition coefficient (Wildman–Crippen LogP) is 2.46. The van der Waals surface area contributed by atoms with E-state index in [-0.39, 0.29) is 0 Å². The SMILES string of the molecule is C=CCCOc1ccc(C=O)c(OC)c1. The normalized spacial score (nSPS) is 9.40. The van der Waals surface area contributed by atoms with Crippen molar-refractivity contribution in [3.63, 3.8) is 0 Å². The van der Waals surface area contributed by atoms with Crippen molar-refractivity contribution in [2.45, 2.75) is 6.42 Å². The molecular weight excluding hydrogens is 192 g/mol. The van der Waals surface area contributed by atoms with Crippen molar-refractivity contribution in [2.75, 3.05) is 13.7 Å². The van der Waals surface area contributed by atoms with Gasteiger partial charge in [-0.1, -0.05) is 6.08 Å². The van der Waals surface area contributed by atoms with Crippen molar-refractivity contribution < 1.29 is 14.3 Å². The van der Waals surface area contributed by atoms with Crippen LogP contribution in [0.1, 0.15) is 16.8 Å². The highest BCUT2D eigenvalue weighted by atomic mass is 16.5. The minimum atomic E-state index is 0.522. The van der Waals surface area contributed by atoms with Crippen LogP contribution >= 0.6 is 0 Å². The molecule has 0 saturated heterocycles. The van der Waals surface area contributed by atoms with Gasteiger partial charge in [0.05, 0.1) is 19.3 Å². The van der Waals surface area contributed by atoms with E-state index in [1.165, 1.54) is 7.11 Å². The lowest BCUT2D eigenvalue weighted by Gasteiger charge is -2.08. The molecule has 3 nitrogen and oxygen atoms in total. The Bertz CT molecular complexity index is 345. The summed E-state index contributed by atoms with van der Waals surface area (Å²) in [4.78, 5) is 10.6. The average molecular weight is 206 g/mol. The second-order valence-corrected chi connectivity index (χ2v) is 2.95. The van der Waals surface area contributed by atoms with Crippen LogP contribution in [0.2, 0.25) is 0 Å². The molecule has 0 aliphatic heterocycles. The molecule has 0 aliphatic rings. The van der Waals surface area contributed by atoms with E-state index in [0.717, 1.165) is 12.7 Å². The molecule has 0 amide bonds. The molecule has 1 aromatic carbocycles. The summed E-state index contributed by atoms with van der Waals surface area (Å²) in [6.07, 6.45) is 3.33. The van der Waals surface area contributed by atoms with E-state index in [0.29, 0.717) is 23.7 Å². The van der Waals surface area contributed by atoms with Crippen molar-refractivity contribution in [1.29, 1.82) is 0 Å². The van der Waals surface area contributed by atoms with Crippen molar-refractivity contribution >= 4 is 6.29 Å². The van der Waals surface area contributed by atoms with Crippen molar-refractivity contribution in [3.05, 3.63) is 36.4 Å². The maximum absolute atomic E-state index is 10.6. The van der Waals surface area contributed by atoms with Gasteiger partial charge in [-0.3, -0.25) is 4.79 Å². The maximum Gasteiger partial charge on any atom is 0.153 e. The van der Waals surface area contributed by atoms with E-state index < -0.39 is 0 Å². The molecule has 1 rings (SSSR count). The highest BCUT2D eigenvalue weighted by Crippen LogP contribution is 2.23. The zero-order chi connectivity index (χ0) is 11.1. The van der Waals surface area contributed by atoms with Crippen molar-refractivity contribution in [1.82, 2.24) is 0 Å². The molecular formula is C12H14O3. The number of hydrogen-bond acceptors (Lipinski definition) is 3. The molecule has 0 aliphatic carbocycles. The summed E-state index contributed by atoms with van der Waals surface area (Å²) in [6.45, 7) is 4.18. The van der Waals surface area contributed by atoms with Crippen LogP contribution in [0.25, 0.3) is 0 Å². The third kappa shape index (κ3) is 3.13. The van der Waals surface area contributed by atoms with Gasteiger partial charge in [-0.15, -0.1) is 6.58 Å². The maximum atomic E-state index is 10.6. The molecule has 0 aromatic heterocycles. The zero-order valence-electron chi connectivity index (χ0n) is 8.73. The van der Waals surface area contributed by atoms with E-state index >= 15 is 0 Å². The molecule has 0 spiro atoms. The molecule has 0 N–H and O–H groups in total. The fourth-order valence-electron chi connectivity index (χ4n) is 1.14. The van der Waals surface area contributed by atoms with Crippen LogP contribution in [-0.4, -0.2) is 20.0 Å². The van der Waals surface area contributed by atoms with Crippen LogP contribution in [0.4, 0.5) is 0 Å². The first-order valence-corrected chi connectivity index (χ1v) is 4.68. The standard InChI is InChI=1S/C12H14O3/c1-3-4-7-15-11-6-5-10(9-13)12(8-11)14-2/h3,5-6,8-9H,1,4,7H2,2H3. The van der Waals surface area contributed by atoms with Crippen LogP contribution in [0.3, 0.4) is 0 Å². The topological polar surface area (TPSA) is 35.5 Å². The van der Waals surface area contributed by atoms with E-state index in [1.807, 2.05) is 0 Å². The summed E-state index contributed by atoms with van der Waals surface area (Å²) in [6, 6.07) is 5.12. The summed E-state index contributed by atoms with van der Waals surface area (Å²) in [5.41, 5.74) is 0.522. The van der Waals surface area contributed by atoms with Gasteiger partial charge in [0.1, 0.15) is 11.5 Å². The molecule has 3 heteroatoms. The van der Waals surface area contributed by atoms with Crippen LogP contribution in [0.5, 0.6) is 11.5 Å². The van der Waals surface area contributed by atoms with Crippen molar-refractivity contribution in [3.8, 4) is 11.5 Å². The lowest BCUT2D eigenvalue weighted by Crippen LogP contribution is -1.97. The lowest BCUT2D eigenvalue weighted by molar-refractivity contribution is 0.112. The molecule has 0 unspecified atom stereocenters. The van der Waals surface area contributed by atoms with Gasteiger partial charge in [0.2, 0.25) is 0 Å². The summed E-state index contributed by atoms with van der Waals surface area (Å²) in [7, 11) is 1.52. The minimum Gasteiger partial charge on any atom is -0.496 e. The smallest absolute Gasteiger partial charge is 0.153 e. The Morgan fingerprint density at radius 3 is 2.87 bits per heavy atom. The number of benzene rings is 1. The summed E-state index contributed by atoms with van der Waals surface area (Å²) < 4.78 is 10.5. The Morgan fingerprint density at radius 2 is 2.27 bits per heavy atom. The van der Waals surface area contributed by atoms with Crippen LogP contribution in [0, 0.1) is 0 Å². The Kier molecular flexibility index (Phi) is 4.41. The second kappa shape index (κ2) is 5.86. The van der Waals surface area contributed by atoms with E-state index in [1.54, 1.807) is 24.3 Å². The molecule has 1 aromatic rings. The largest absolute Gasteiger partial charge is 0.496 e. The van der Waals surface area contributed by atoms with E-state index in [4.69, 9.17) is 9.47 Å². The lowest BCUT2D eigenvalue weighted by atomic mass is 10.2. The Labute approximate surface area is 89.3 Å². The zero-order valence-corrected chi connectivity index (χ0v) is 8.73. The fraction of sp³-hybridized carbons (Fsp3) is 0.250. The van der Waals surface area contributed by atoms with Gasteiger partial charge < -0.3 is 9.47 Å². The molecule has 0 saturated carbocycles. The number of carbonyl (C=O) groups is 1. The number of hydrogen-bond donors (Lipinski definition) is 0. The van der Waals surface area contributed by atoms with Gasteiger partial charge in [0.25, 0.3) is 0 Å². The van der Waals surface area contributed by atoms with E-state index in [2.05, 4.69) is 6.58 Å². The molecule has 80 valence electrons. The first-order chi connectivity index (χ1) is 7.31. The number of carbonyl (C=O) groups excluding carboxylic acids is 1. The highest BCUT2D eigenvalue weighted by Gasteiger charge is 2.03. The molecule has 0 bridgehead atoms. The van der Waals surface area contributed by atoms with E-state index in [9.17, 15) is 4.79 Å². The number of rotatable bonds is 6. The Morgan fingerprint density at radius 1 is 1.47 bits per heavy atom. The average Bonchev–Trinajstić information content (AvgIpc) is 2.29. The Balaban J connectivity index is 2.74. The molecule has 0 fully saturated rings. The monoisotopic (exact) mass is 206 g/mol. The van der Waals surface area contributed by atoms with Crippen molar-refractivity contribution in [2.24, 2.45) is 0 Å². The molecule has 0 radical (unpaired) electrons. The van der Waals surface area contributed by atoms with Gasteiger partial charge in [0, 0.05) is 6.07 Å². The third-order valence-corrected chi connectivity index (χ3v) is 1.92. The first-order valence-electron chi connectivity index (χ1n) is 4.68. The molecule has 15 heavy (non-hydrogen) atoms. The van der Waals surface area contributed by atoms with Gasteiger partial charge in [-0.25, -0.2) is 0 Å². The highest BCUT2D eigenvalue weighted by molar-refractivity contribution is 5.79. The summed E-state index contributed by atoms with van der Waals surface area (Å²) in [5, 5.41) is 0. The summed E-state index contributed by atoms with van der Waals surface area (Å²) >= 11 is 0. The summed E-state index contributed by atoms with van der Waals surface area (Å²) in [5.74, 6) is 1.22. The van der Waals surface area contributed by atoms with Gasteiger partial charge in [-0.2, -0.15) is 0 Å². The third-order valence-electron chi connectivity index (χ3n) is 1.92. The quantitative estimate of drug-likeness (QED) is 0.407. The predicted molar refractivity (Wildman–Crippen MR) is 58.7 cm³/mol. The van der Waals surface area contributed by atoms with Crippen LogP contribution < -0.4 is 9.47 Å². The fourth-order valence-corrected chi connectivity index (χ4v) is 1.14. The number of methoxy groups -OCH3 is 1. The Hall–Kier alpha value is -1.77. The van der Waals surface area contributed by atoms with Gasteiger partial charge >= 0.3 is 0 Å². The van der Waals surface area contributed by atoms with Crippen LogP contribution in [-0.2, 0) is 0 Å². The number of ether oxygens (including phenoxy) is 2. The molecule has 0 heterocycles. The van der Waals surface area contributed by atoms with Crippen LogP contribution in [0.15, 0.2) is 30.9 Å². The second-order valence-electron chi connectivity index (χ2n) is 2.95. The minimum absolute atomic E-state index is 0.522. The number of aldehydes is 1.